The van der Waals surface area contributed by atoms with Crippen molar-refractivity contribution in [3.63, 3.8) is 0 Å². The molecular weight excluding hydrogens is 404 g/mol. The molecule has 30 heavy (non-hydrogen) atoms. The van der Waals surface area contributed by atoms with Crippen molar-refractivity contribution in [3.8, 4) is 11.6 Å². The number of aliphatic hydroxyl groups is 1. The molecule has 1 aliphatic rings. The smallest absolute Gasteiger partial charge is 0.280 e. The molecule has 2 heterocycles. The third kappa shape index (κ3) is 4.27. The van der Waals surface area contributed by atoms with Gasteiger partial charge in [-0.15, -0.1) is 0 Å². The van der Waals surface area contributed by atoms with Crippen molar-refractivity contribution in [2.24, 2.45) is 0 Å². The molecule has 0 spiro atoms. The first kappa shape index (κ1) is 20.2. The fourth-order valence-corrected chi connectivity index (χ4v) is 3.81. The second-order valence-corrected chi connectivity index (χ2v) is 7.85. The van der Waals surface area contributed by atoms with E-state index >= 15 is 0 Å². The van der Waals surface area contributed by atoms with Crippen molar-refractivity contribution in [3.05, 3.63) is 65.6 Å². The predicted molar refractivity (Wildman–Crippen MR) is 112 cm³/mol. The Kier molecular flexibility index (Phi) is 5.65. The van der Waals surface area contributed by atoms with E-state index in [9.17, 15) is 9.90 Å². The lowest BCUT2D eigenvalue weighted by atomic mass is 10.1. The van der Waals surface area contributed by atoms with Crippen LogP contribution in [0.1, 0.15) is 34.5 Å². The van der Waals surface area contributed by atoms with Gasteiger partial charge in [0.2, 0.25) is 5.88 Å². The molecule has 1 saturated carbocycles. The van der Waals surface area contributed by atoms with E-state index in [1.54, 1.807) is 36.2 Å². The number of methoxy groups -OCH3 is 2. The minimum atomic E-state index is -0.759. The molecule has 0 unspecified atom stereocenters. The van der Waals surface area contributed by atoms with Crippen LogP contribution >= 0.6 is 11.9 Å². The number of carbonyl (C=O) groups is 1. The molecule has 9 heteroatoms. The first-order chi connectivity index (χ1) is 14.5. The Morgan fingerprint density at radius 2 is 2.10 bits per heavy atom. The number of rotatable bonds is 8. The maximum atomic E-state index is 12.7. The predicted octanol–water partition coefficient (Wildman–Crippen LogP) is 2.76. The van der Waals surface area contributed by atoms with Gasteiger partial charge in [0.15, 0.2) is 0 Å². The molecule has 0 radical (unpaired) electrons. The van der Waals surface area contributed by atoms with Gasteiger partial charge >= 0.3 is 0 Å². The van der Waals surface area contributed by atoms with Crippen molar-refractivity contribution < 1.29 is 19.4 Å². The zero-order chi connectivity index (χ0) is 21.1. The highest BCUT2D eigenvalue weighted by molar-refractivity contribution is 7.98. The first-order valence-electron chi connectivity index (χ1n) is 9.42. The van der Waals surface area contributed by atoms with Gasteiger partial charge in [0.25, 0.3) is 5.91 Å². The molecule has 2 N–H and O–H groups in total. The van der Waals surface area contributed by atoms with Gasteiger partial charge in [-0.1, -0.05) is 6.07 Å². The Hall–Kier alpha value is -3.04. The highest BCUT2D eigenvalue weighted by atomic mass is 32.2. The van der Waals surface area contributed by atoms with E-state index in [4.69, 9.17) is 9.47 Å². The number of hydrogen-bond donors (Lipinski definition) is 2. The maximum absolute atomic E-state index is 12.7. The van der Waals surface area contributed by atoms with Gasteiger partial charge in [0.1, 0.15) is 11.4 Å². The van der Waals surface area contributed by atoms with Crippen LogP contribution in [0, 0.1) is 0 Å². The van der Waals surface area contributed by atoms with Crippen molar-refractivity contribution in [2.45, 2.75) is 29.9 Å². The summed E-state index contributed by atoms with van der Waals surface area (Å²) in [6.45, 7) is 0.493. The number of ether oxygens (including phenoxy) is 2. The highest BCUT2D eigenvalue weighted by Gasteiger charge is 2.42. The van der Waals surface area contributed by atoms with Gasteiger partial charge in [-0.25, -0.2) is 4.98 Å². The van der Waals surface area contributed by atoms with Gasteiger partial charge in [-0.2, -0.15) is 5.10 Å². The fourth-order valence-electron chi connectivity index (χ4n) is 3.07. The van der Waals surface area contributed by atoms with Gasteiger partial charge in [-0.05, 0) is 60.7 Å². The van der Waals surface area contributed by atoms with Crippen LogP contribution in [0.15, 0.2) is 53.7 Å². The summed E-state index contributed by atoms with van der Waals surface area (Å²) < 4.78 is 15.3. The number of nitrogens with one attached hydrogen (secondary N) is 1. The number of hydrogen-bond acceptors (Lipinski definition) is 7. The Morgan fingerprint density at radius 3 is 2.77 bits per heavy atom. The van der Waals surface area contributed by atoms with Crippen molar-refractivity contribution >= 4 is 17.9 Å². The Bertz CT molecular complexity index is 1050. The lowest BCUT2D eigenvalue weighted by Gasteiger charge is -2.14. The van der Waals surface area contributed by atoms with E-state index in [0.29, 0.717) is 23.1 Å². The molecule has 8 nitrogen and oxygen atoms in total. The zero-order valence-electron chi connectivity index (χ0n) is 16.7. The van der Waals surface area contributed by atoms with E-state index < -0.39 is 5.60 Å². The van der Waals surface area contributed by atoms with Crippen LogP contribution < -0.4 is 14.2 Å². The summed E-state index contributed by atoms with van der Waals surface area (Å²) in [5, 5.41) is 14.5. The summed E-state index contributed by atoms with van der Waals surface area (Å²) in [4.78, 5) is 17.7. The quantitative estimate of drug-likeness (QED) is 0.535. The molecule has 156 valence electrons. The molecule has 0 saturated heterocycles. The largest absolute Gasteiger partial charge is 0.496 e. The SMILES string of the molecule is COc1ccc(C2(O)CC2)cc1SNC(=O)c1ccc(Cn2cccn2)c(OC)n1. The van der Waals surface area contributed by atoms with Gasteiger partial charge < -0.3 is 14.6 Å². The van der Waals surface area contributed by atoms with E-state index in [-0.39, 0.29) is 11.6 Å². The van der Waals surface area contributed by atoms with Crippen LogP contribution in [0.3, 0.4) is 0 Å². The molecule has 3 aromatic rings. The van der Waals surface area contributed by atoms with E-state index in [1.165, 1.54) is 7.11 Å². The second-order valence-electron chi connectivity index (χ2n) is 7.00. The van der Waals surface area contributed by atoms with E-state index in [0.717, 1.165) is 35.9 Å². The molecule has 1 aromatic carbocycles. The van der Waals surface area contributed by atoms with Crippen molar-refractivity contribution in [2.75, 3.05) is 14.2 Å². The number of amides is 1. The van der Waals surface area contributed by atoms with Crippen LogP contribution in [-0.2, 0) is 12.1 Å². The minimum Gasteiger partial charge on any atom is -0.496 e. The maximum Gasteiger partial charge on any atom is 0.280 e. The van der Waals surface area contributed by atoms with Gasteiger partial charge in [0, 0.05) is 18.0 Å². The lowest BCUT2D eigenvalue weighted by molar-refractivity contribution is 0.0978. The number of benzene rings is 1. The van der Waals surface area contributed by atoms with Crippen LogP contribution in [0.5, 0.6) is 11.6 Å². The average Bonchev–Trinajstić information content (AvgIpc) is 3.31. The summed E-state index contributed by atoms with van der Waals surface area (Å²) in [5.74, 6) is 0.633. The molecule has 1 aliphatic carbocycles. The van der Waals surface area contributed by atoms with Gasteiger partial charge in [-0.3, -0.25) is 14.2 Å². The molecular formula is C21H22N4O4S. The zero-order valence-corrected chi connectivity index (χ0v) is 17.5. The van der Waals surface area contributed by atoms with Crippen molar-refractivity contribution in [1.82, 2.24) is 19.5 Å². The average molecular weight is 426 g/mol. The highest BCUT2D eigenvalue weighted by Crippen LogP contribution is 2.47. The van der Waals surface area contributed by atoms with E-state index in [1.807, 2.05) is 24.4 Å². The van der Waals surface area contributed by atoms with E-state index in [2.05, 4.69) is 14.8 Å². The number of carbonyl (C=O) groups excluding carboxylic acids is 1. The first-order valence-corrected chi connectivity index (χ1v) is 10.2. The standard InChI is InChI=1S/C21H22N4O4S/c1-28-17-7-5-15(21(27)8-9-21)12-18(17)30-24-19(26)16-6-4-14(20(23-16)29-2)13-25-11-3-10-22-25/h3-7,10-12,27H,8-9,13H2,1-2H3,(H,24,26). The molecule has 1 fully saturated rings. The molecule has 1 amide bonds. The molecule has 0 aliphatic heterocycles. The third-order valence-electron chi connectivity index (χ3n) is 4.93. The lowest BCUT2D eigenvalue weighted by Crippen LogP contribution is -2.18. The topological polar surface area (TPSA) is 98.5 Å². The normalized spacial score (nSPS) is 14.2. The molecule has 2 aromatic heterocycles. The molecule has 4 rings (SSSR count). The van der Waals surface area contributed by atoms with Crippen LogP contribution in [-0.4, -0.2) is 40.0 Å². The Labute approximate surface area is 178 Å². The van der Waals surface area contributed by atoms with Crippen LogP contribution in [0.4, 0.5) is 0 Å². The summed E-state index contributed by atoms with van der Waals surface area (Å²) in [5.41, 5.74) is 1.12. The monoisotopic (exact) mass is 426 g/mol. The van der Waals surface area contributed by atoms with Crippen LogP contribution in [0.2, 0.25) is 0 Å². The third-order valence-corrected chi connectivity index (χ3v) is 5.76. The number of aromatic nitrogens is 3. The number of pyridine rings is 1. The molecule has 0 bridgehead atoms. The fraction of sp³-hybridized carbons (Fsp3) is 0.286. The van der Waals surface area contributed by atoms with Gasteiger partial charge in [0.05, 0.1) is 31.3 Å². The summed E-state index contributed by atoms with van der Waals surface area (Å²) in [6.07, 6.45) is 5.02. The number of nitrogens with zero attached hydrogens (tertiary/aromatic N) is 3. The Balaban J connectivity index is 1.47. The minimum absolute atomic E-state index is 0.236. The summed E-state index contributed by atoms with van der Waals surface area (Å²) in [6, 6.07) is 10.8. The van der Waals surface area contributed by atoms with Crippen molar-refractivity contribution in [1.29, 1.82) is 0 Å². The second kappa shape index (κ2) is 8.37. The Morgan fingerprint density at radius 1 is 1.27 bits per heavy atom. The summed E-state index contributed by atoms with van der Waals surface area (Å²) >= 11 is 1.12. The van der Waals surface area contributed by atoms with Crippen LogP contribution in [0.25, 0.3) is 0 Å². The molecule has 0 atom stereocenters. The summed E-state index contributed by atoms with van der Waals surface area (Å²) in [7, 11) is 3.09.